The summed E-state index contributed by atoms with van der Waals surface area (Å²) in [5.41, 5.74) is 0.505. The number of likely N-dealkylation sites (tertiary alicyclic amines) is 1. The van der Waals surface area contributed by atoms with Crippen molar-refractivity contribution < 1.29 is 13.2 Å². The lowest BCUT2D eigenvalue weighted by Crippen LogP contribution is -2.40. The topological polar surface area (TPSA) is 69.7 Å². The van der Waals surface area contributed by atoms with Crippen LogP contribution in [0.25, 0.3) is 0 Å². The summed E-state index contributed by atoms with van der Waals surface area (Å²) in [6, 6.07) is 6.76. The van der Waals surface area contributed by atoms with Gasteiger partial charge in [-0.3, -0.25) is 9.69 Å². The minimum absolute atomic E-state index is 0.142. The first-order valence-corrected chi connectivity index (χ1v) is 11.6. The van der Waals surface area contributed by atoms with Crippen LogP contribution in [0.1, 0.15) is 55.8 Å². The number of amides is 1. The summed E-state index contributed by atoms with van der Waals surface area (Å²) in [7, 11) is -3.47. The number of sulfonamides is 1. The maximum absolute atomic E-state index is 12.8. The van der Waals surface area contributed by atoms with Crippen molar-refractivity contribution in [2.45, 2.75) is 56.4 Å². The average Bonchev–Trinajstić information content (AvgIpc) is 2.95. The summed E-state index contributed by atoms with van der Waals surface area (Å²) in [6.45, 7) is 6.05. The minimum Gasteiger partial charge on any atom is -0.350 e. The van der Waals surface area contributed by atoms with Crippen LogP contribution in [0.3, 0.4) is 0 Å². The van der Waals surface area contributed by atoms with E-state index in [0.717, 1.165) is 45.2 Å². The van der Waals surface area contributed by atoms with Crippen LogP contribution in [0.2, 0.25) is 0 Å². The zero-order valence-corrected chi connectivity index (χ0v) is 17.0. The van der Waals surface area contributed by atoms with Gasteiger partial charge in [-0.1, -0.05) is 19.8 Å². The molecule has 1 aromatic carbocycles. The van der Waals surface area contributed by atoms with E-state index in [9.17, 15) is 13.2 Å². The number of hydrogen-bond donors (Lipinski definition) is 1. The van der Waals surface area contributed by atoms with Gasteiger partial charge >= 0.3 is 0 Å². The van der Waals surface area contributed by atoms with Gasteiger partial charge in [0.2, 0.25) is 10.0 Å². The third kappa shape index (κ3) is 4.89. The normalized spacial score (nSPS) is 22.5. The fourth-order valence-corrected chi connectivity index (χ4v) is 5.58. The van der Waals surface area contributed by atoms with E-state index in [0.29, 0.717) is 31.2 Å². The maximum atomic E-state index is 12.8. The molecule has 2 aliphatic rings. The second-order valence-corrected chi connectivity index (χ2v) is 9.42. The summed E-state index contributed by atoms with van der Waals surface area (Å²) >= 11 is 0. The summed E-state index contributed by atoms with van der Waals surface area (Å²) in [4.78, 5) is 15.1. The molecular weight excluding hydrogens is 362 g/mol. The smallest absolute Gasteiger partial charge is 0.251 e. The van der Waals surface area contributed by atoms with Crippen molar-refractivity contribution in [2.24, 2.45) is 0 Å². The zero-order chi connectivity index (χ0) is 19.3. The van der Waals surface area contributed by atoms with Crippen LogP contribution in [0, 0.1) is 0 Å². The number of likely N-dealkylation sites (N-methyl/N-ethyl adjacent to an activating group) is 1. The second-order valence-electron chi connectivity index (χ2n) is 7.48. The zero-order valence-electron chi connectivity index (χ0n) is 16.2. The van der Waals surface area contributed by atoms with Crippen molar-refractivity contribution >= 4 is 15.9 Å². The number of hydrogen-bond acceptors (Lipinski definition) is 4. The second kappa shape index (κ2) is 9.17. The monoisotopic (exact) mass is 393 g/mol. The molecule has 7 heteroatoms. The highest BCUT2D eigenvalue weighted by molar-refractivity contribution is 7.89. The SMILES string of the molecule is CCN1CCC[C@@H]1CNC(=O)c1ccc(S(=O)(=O)N2CCCCCC2)cc1. The van der Waals surface area contributed by atoms with Crippen molar-refractivity contribution in [3.63, 3.8) is 0 Å². The Morgan fingerprint density at radius 1 is 1.04 bits per heavy atom. The van der Waals surface area contributed by atoms with Crippen LogP contribution in [-0.2, 0) is 10.0 Å². The molecule has 0 saturated carbocycles. The number of nitrogens with one attached hydrogen (secondary N) is 1. The minimum atomic E-state index is -3.47. The molecule has 0 unspecified atom stereocenters. The van der Waals surface area contributed by atoms with Crippen molar-refractivity contribution in [3.05, 3.63) is 29.8 Å². The number of rotatable bonds is 6. The van der Waals surface area contributed by atoms with Gasteiger partial charge < -0.3 is 5.32 Å². The molecule has 0 bridgehead atoms. The molecule has 150 valence electrons. The quantitative estimate of drug-likeness (QED) is 0.806. The molecule has 27 heavy (non-hydrogen) atoms. The summed E-state index contributed by atoms with van der Waals surface area (Å²) in [5, 5.41) is 2.99. The molecule has 0 spiro atoms. The highest BCUT2D eigenvalue weighted by atomic mass is 32.2. The molecule has 1 amide bonds. The number of carbonyl (C=O) groups excluding carboxylic acids is 1. The van der Waals surface area contributed by atoms with E-state index >= 15 is 0 Å². The first kappa shape index (κ1) is 20.3. The standard InChI is InChI=1S/C20H31N3O3S/c1-2-22-13-7-8-18(22)16-21-20(24)17-9-11-19(12-10-17)27(25,26)23-14-5-3-4-6-15-23/h9-12,18H,2-8,13-16H2,1H3,(H,21,24)/t18-/m1/s1. The molecule has 2 heterocycles. The van der Waals surface area contributed by atoms with Crippen LogP contribution in [0.4, 0.5) is 0 Å². The third-order valence-electron chi connectivity index (χ3n) is 5.72. The molecule has 3 rings (SSSR count). The van der Waals surface area contributed by atoms with E-state index in [1.165, 1.54) is 6.42 Å². The molecule has 2 aliphatic heterocycles. The van der Waals surface area contributed by atoms with Crippen molar-refractivity contribution in [3.8, 4) is 0 Å². The number of nitrogens with zero attached hydrogens (tertiary/aromatic N) is 2. The van der Waals surface area contributed by atoms with Crippen LogP contribution in [0.5, 0.6) is 0 Å². The largest absolute Gasteiger partial charge is 0.350 e. The Labute approximate surface area is 163 Å². The average molecular weight is 394 g/mol. The molecule has 6 nitrogen and oxygen atoms in total. The molecule has 1 N–H and O–H groups in total. The maximum Gasteiger partial charge on any atom is 0.251 e. The van der Waals surface area contributed by atoms with E-state index in [4.69, 9.17) is 0 Å². The van der Waals surface area contributed by atoms with Gasteiger partial charge in [0.1, 0.15) is 0 Å². The molecule has 0 aromatic heterocycles. The van der Waals surface area contributed by atoms with Crippen LogP contribution in [0.15, 0.2) is 29.2 Å². The summed E-state index contributed by atoms with van der Waals surface area (Å²) in [5.74, 6) is -0.142. The predicted molar refractivity (Wildman–Crippen MR) is 106 cm³/mol. The van der Waals surface area contributed by atoms with Crippen molar-refractivity contribution in [1.29, 1.82) is 0 Å². The Morgan fingerprint density at radius 3 is 2.33 bits per heavy atom. The van der Waals surface area contributed by atoms with Gasteiger partial charge in [-0.2, -0.15) is 4.31 Å². The fourth-order valence-electron chi connectivity index (χ4n) is 4.06. The molecule has 1 aromatic rings. The lowest BCUT2D eigenvalue weighted by Gasteiger charge is -2.23. The van der Waals surface area contributed by atoms with E-state index < -0.39 is 10.0 Å². The van der Waals surface area contributed by atoms with Gasteiger partial charge in [-0.25, -0.2) is 8.42 Å². The molecule has 1 atom stereocenters. The van der Waals surface area contributed by atoms with Crippen LogP contribution < -0.4 is 5.32 Å². The Morgan fingerprint density at radius 2 is 1.70 bits per heavy atom. The van der Waals surface area contributed by atoms with E-state index in [1.807, 2.05) is 0 Å². The highest BCUT2D eigenvalue weighted by Crippen LogP contribution is 2.21. The number of carbonyl (C=O) groups is 1. The lowest BCUT2D eigenvalue weighted by molar-refractivity contribution is 0.0941. The Kier molecular flexibility index (Phi) is 6.89. The molecule has 0 radical (unpaired) electrons. The first-order valence-electron chi connectivity index (χ1n) is 10.1. The van der Waals surface area contributed by atoms with Gasteiger partial charge in [0, 0.05) is 31.2 Å². The van der Waals surface area contributed by atoms with Gasteiger partial charge in [-0.05, 0) is 63.0 Å². The van der Waals surface area contributed by atoms with Gasteiger partial charge in [0.15, 0.2) is 0 Å². The number of benzene rings is 1. The van der Waals surface area contributed by atoms with Crippen molar-refractivity contribution in [2.75, 3.05) is 32.7 Å². The Bertz CT molecular complexity index is 725. The summed E-state index contributed by atoms with van der Waals surface area (Å²) in [6.07, 6.45) is 6.28. The highest BCUT2D eigenvalue weighted by Gasteiger charge is 2.26. The molecule has 0 aliphatic carbocycles. The summed E-state index contributed by atoms with van der Waals surface area (Å²) < 4.78 is 27.2. The lowest BCUT2D eigenvalue weighted by atomic mass is 10.2. The third-order valence-corrected chi connectivity index (χ3v) is 7.64. The predicted octanol–water partition coefficient (Wildman–Crippen LogP) is 2.47. The van der Waals surface area contributed by atoms with E-state index in [1.54, 1.807) is 28.6 Å². The molecule has 2 saturated heterocycles. The Balaban J connectivity index is 1.61. The molecular formula is C20H31N3O3S. The van der Waals surface area contributed by atoms with Crippen LogP contribution >= 0.6 is 0 Å². The van der Waals surface area contributed by atoms with Gasteiger partial charge in [-0.15, -0.1) is 0 Å². The van der Waals surface area contributed by atoms with E-state index in [2.05, 4.69) is 17.1 Å². The Hall–Kier alpha value is -1.44. The fraction of sp³-hybridized carbons (Fsp3) is 0.650. The van der Waals surface area contributed by atoms with E-state index in [-0.39, 0.29) is 10.8 Å². The first-order chi connectivity index (χ1) is 13.0. The van der Waals surface area contributed by atoms with Gasteiger partial charge in [0.05, 0.1) is 4.90 Å². The van der Waals surface area contributed by atoms with Gasteiger partial charge in [0.25, 0.3) is 5.91 Å². The van der Waals surface area contributed by atoms with Crippen molar-refractivity contribution in [1.82, 2.24) is 14.5 Å². The van der Waals surface area contributed by atoms with Crippen LogP contribution in [-0.4, -0.2) is 62.3 Å². The molecule has 2 fully saturated rings.